The van der Waals surface area contributed by atoms with Crippen LogP contribution < -0.4 is 4.90 Å². The zero-order valence-electron chi connectivity index (χ0n) is 13.1. The molecule has 2 saturated heterocycles. The predicted octanol–water partition coefficient (Wildman–Crippen LogP) is 2.11. The van der Waals surface area contributed by atoms with Gasteiger partial charge in [-0.3, -0.25) is 4.79 Å². The summed E-state index contributed by atoms with van der Waals surface area (Å²) < 4.78 is 1.19. The molecular weight excluding hydrogens is 310 g/mol. The van der Waals surface area contributed by atoms with Gasteiger partial charge in [-0.05, 0) is 31.4 Å². The maximum atomic E-state index is 12.9. The lowest BCUT2D eigenvalue weighted by Crippen LogP contribution is -2.50. The molecule has 2 aliphatic heterocycles. The van der Waals surface area contributed by atoms with E-state index in [1.54, 1.807) is 11.3 Å². The molecular formula is C17H21N3O2S. The van der Waals surface area contributed by atoms with Crippen LogP contribution >= 0.6 is 11.3 Å². The van der Waals surface area contributed by atoms with Gasteiger partial charge in [0.1, 0.15) is 0 Å². The number of para-hydroxylation sites is 1. The number of amides is 1. The SMILES string of the molecule is O=C1N(CCO)CCC[C@@]12CCN(c1nc3ccccc3s1)C2. The summed E-state index contributed by atoms with van der Waals surface area (Å²) in [6.45, 7) is 2.93. The Labute approximate surface area is 139 Å². The molecule has 0 bridgehead atoms. The van der Waals surface area contributed by atoms with Crippen molar-refractivity contribution in [2.24, 2.45) is 5.41 Å². The summed E-state index contributed by atoms with van der Waals surface area (Å²) in [6.07, 6.45) is 2.87. The molecule has 0 aliphatic carbocycles. The number of rotatable bonds is 3. The number of β-amino-alcohol motifs (C(OH)–C–C–N with tert-alkyl or cyclic N) is 1. The fourth-order valence-corrected chi connectivity index (χ4v) is 4.89. The molecule has 1 N–H and O–H groups in total. The highest BCUT2D eigenvalue weighted by atomic mass is 32.1. The molecule has 1 amide bonds. The van der Waals surface area contributed by atoms with Gasteiger partial charge in [-0.2, -0.15) is 0 Å². The predicted molar refractivity (Wildman–Crippen MR) is 91.8 cm³/mol. The van der Waals surface area contributed by atoms with Gasteiger partial charge in [-0.25, -0.2) is 4.98 Å². The van der Waals surface area contributed by atoms with E-state index in [0.717, 1.165) is 49.5 Å². The first-order valence-corrected chi connectivity index (χ1v) is 9.04. The van der Waals surface area contributed by atoms with Crippen LogP contribution in [0.3, 0.4) is 0 Å². The van der Waals surface area contributed by atoms with Crippen molar-refractivity contribution in [3.8, 4) is 0 Å². The molecule has 3 heterocycles. The number of carbonyl (C=O) groups excluding carboxylic acids is 1. The smallest absolute Gasteiger partial charge is 0.230 e. The number of hydrogen-bond acceptors (Lipinski definition) is 5. The van der Waals surface area contributed by atoms with E-state index in [1.165, 1.54) is 4.70 Å². The maximum Gasteiger partial charge on any atom is 0.230 e. The molecule has 1 aromatic heterocycles. The largest absolute Gasteiger partial charge is 0.395 e. The Morgan fingerprint density at radius 3 is 2.96 bits per heavy atom. The molecule has 23 heavy (non-hydrogen) atoms. The third-order valence-electron chi connectivity index (χ3n) is 5.10. The number of anilines is 1. The number of benzene rings is 1. The summed E-state index contributed by atoms with van der Waals surface area (Å²) >= 11 is 1.70. The van der Waals surface area contributed by atoms with Gasteiger partial charge in [-0.15, -0.1) is 0 Å². The van der Waals surface area contributed by atoms with Gasteiger partial charge >= 0.3 is 0 Å². The molecule has 5 nitrogen and oxygen atoms in total. The lowest BCUT2D eigenvalue weighted by atomic mass is 9.78. The fraction of sp³-hybridized carbons (Fsp3) is 0.529. The average Bonchev–Trinajstić information content (AvgIpc) is 3.17. The van der Waals surface area contributed by atoms with Crippen molar-refractivity contribution >= 4 is 32.6 Å². The Kier molecular flexibility index (Phi) is 3.73. The van der Waals surface area contributed by atoms with E-state index in [9.17, 15) is 4.79 Å². The molecule has 4 rings (SSSR count). The molecule has 1 aromatic carbocycles. The highest BCUT2D eigenvalue weighted by Crippen LogP contribution is 2.42. The molecule has 0 saturated carbocycles. The molecule has 6 heteroatoms. The van der Waals surface area contributed by atoms with Crippen LogP contribution in [0.5, 0.6) is 0 Å². The summed E-state index contributed by atoms with van der Waals surface area (Å²) in [6, 6.07) is 8.18. The second kappa shape index (κ2) is 5.76. The van der Waals surface area contributed by atoms with E-state index in [0.29, 0.717) is 6.54 Å². The van der Waals surface area contributed by atoms with Crippen LogP contribution in [0.1, 0.15) is 19.3 Å². The van der Waals surface area contributed by atoms with E-state index in [1.807, 2.05) is 23.1 Å². The first kappa shape index (κ1) is 14.9. The summed E-state index contributed by atoms with van der Waals surface area (Å²) in [5.74, 6) is 0.224. The Bertz CT molecular complexity index is 696. The number of hydrogen-bond donors (Lipinski definition) is 1. The van der Waals surface area contributed by atoms with Crippen LogP contribution in [0.2, 0.25) is 0 Å². The van der Waals surface area contributed by atoms with Crippen LogP contribution in [-0.4, -0.2) is 53.7 Å². The van der Waals surface area contributed by atoms with Crippen molar-refractivity contribution < 1.29 is 9.90 Å². The minimum Gasteiger partial charge on any atom is -0.395 e. The van der Waals surface area contributed by atoms with E-state index < -0.39 is 0 Å². The first-order valence-electron chi connectivity index (χ1n) is 8.23. The normalized spacial score (nSPS) is 25.0. The van der Waals surface area contributed by atoms with Crippen molar-refractivity contribution in [3.63, 3.8) is 0 Å². The summed E-state index contributed by atoms with van der Waals surface area (Å²) in [5.41, 5.74) is 0.760. The molecule has 0 radical (unpaired) electrons. The molecule has 2 aliphatic rings. The second-order valence-corrected chi connectivity index (χ2v) is 7.54. The minimum atomic E-state index is -0.273. The Hall–Kier alpha value is -1.66. The lowest BCUT2D eigenvalue weighted by molar-refractivity contribution is -0.145. The number of carbonyl (C=O) groups is 1. The fourth-order valence-electron chi connectivity index (χ4n) is 3.90. The van der Waals surface area contributed by atoms with E-state index in [-0.39, 0.29) is 17.9 Å². The number of likely N-dealkylation sites (tertiary alicyclic amines) is 1. The summed E-state index contributed by atoms with van der Waals surface area (Å²) in [7, 11) is 0. The Balaban J connectivity index is 1.57. The molecule has 2 aromatic rings. The second-order valence-electron chi connectivity index (χ2n) is 6.54. The highest BCUT2D eigenvalue weighted by molar-refractivity contribution is 7.22. The quantitative estimate of drug-likeness (QED) is 0.936. The van der Waals surface area contributed by atoms with Crippen LogP contribution in [0, 0.1) is 5.41 Å². The Morgan fingerprint density at radius 1 is 1.26 bits per heavy atom. The van der Waals surface area contributed by atoms with Gasteiger partial charge in [0, 0.05) is 26.2 Å². The Morgan fingerprint density at radius 2 is 2.13 bits per heavy atom. The van der Waals surface area contributed by atoms with Crippen molar-refractivity contribution in [3.05, 3.63) is 24.3 Å². The number of aliphatic hydroxyl groups is 1. The zero-order valence-corrected chi connectivity index (χ0v) is 13.9. The average molecular weight is 331 g/mol. The monoisotopic (exact) mass is 331 g/mol. The molecule has 1 spiro atoms. The number of aromatic nitrogens is 1. The van der Waals surface area contributed by atoms with Crippen LogP contribution in [0.15, 0.2) is 24.3 Å². The number of piperidine rings is 1. The van der Waals surface area contributed by atoms with Gasteiger partial charge in [0.25, 0.3) is 0 Å². The molecule has 2 fully saturated rings. The number of thiazole rings is 1. The summed E-state index contributed by atoms with van der Waals surface area (Å²) in [4.78, 5) is 21.7. The standard InChI is InChI=1S/C17H21N3O2S/c21-11-10-19-8-3-6-17(15(19)22)7-9-20(12-17)16-18-13-4-1-2-5-14(13)23-16/h1-2,4-5,21H,3,6-12H2/t17-/m0/s1. The van der Waals surface area contributed by atoms with E-state index in [4.69, 9.17) is 10.1 Å². The minimum absolute atomic E-state index is 0.0450. The lowest BCUT2D eigenvalue weighted by Gasteiger charge is -2.39. The van der Waals surface area contributed by atoms with Crippen molar-refractivity contribution in [1.29, 1.82) is 0 Å². The number of fused-ring (bicyclic) bond motifs is 1. The summed E-state index contributed by atoms with van der Waals surface area (Å²) in [5, 5.41) is 10.2. The van der Waals surface area contributed by atoms with Gasteiger partial charge in [0.15, 0.2) is 5.13 Å². The van der Waals surface area contributed by atoms with E-state index >= 15 is 0 Å². The van der Waals surface area contributed by atoms with Crippen molar-refractivity contribution in [1.82, 2.24) is 9.88 Å². The van der Waals surface area contributed by atoms with Crippen LogP contribution in [0.4, 0.5) is 5.13 Å². The number of aliphatic hydroxyl groups excluding tert-OH is 1. The molecule has 0 unspecified atom stereocenters. The van der Waals surface area contributed by atoms with Crippen molar-refractivity contribution in [2.45, 2.75) is 19.3 Å². The van der Waals surface area contributed by atoms with E-state index in [2.05, 4.69) is 11.0 Å². The van der Waals surface area contributed by atoms with Crippen LogP contribution in [0.25, 0.3) is 10.2 Å². The highest BCUT2D eigenvalue weighted by Gasteiger charge is 2.48. The maximum absolute atomic E-state index is 12.9. The molecule has 122 valence electrons. The third kappa shape index (κ3) is 2.50. The topological polar surface area (TPSA) is 56.7 Å². The van der Waals surface area contributed by atoms with Gasteiger partial charge in [0.05, 0.1) is 22.2 Å². The van der Waals surface area contributed by atoms with Gasteiger partial charge < -0.3 is 14.9 Å². The molecule has 1 atom stereocenters. The third-order valence-corrected chi connectivity index (χ3v) is 6.20. The first-order chi connectivity index (χ1) is 11.2. The van der Waals surface area contributed by atoms with Gasteiger partial charge in [0.2, 0.25) is 5.91 Å². The van der Waals surface area contributed by atoms with Crippen molar-refractivity contribution in [2.75, 3.05) is 37.7 Å². The van der Waals surface area contributed by atoms with Crippen LogP contribution in [-0.2, 0) is 4.79 Å². The van der Waals surface area contributed by atoms with Gasteiger partial charge in [-0.1, -0.05) is 23.5 Å². The number of nitrogens with zero attached hydrogens (tertiary/aromatic N) is 3. The zero-order chi connectivity index (χ0) is 15.9.